The molecule has 2 aromatic carbocycles. The van der Waals surface area contributed by atoms with E-state index in [0.717, 1.165) is 5.56 Å². The summed E-state index contributed by atoms with van der Waals surface area (Å²) >= 11 is 5.87. The van der Waals surface area contributed by atoms with Crippen LogP contribution >= 0.6 is 11.6 Å². The van der Waals surface area contributed by atoms with Gasteiger partial charge in [0, 0.05) is 28.4 Å². The summed E-state index contributed by atoms with van der Waals surface area (Å²) in [6.45, 7) is 1.42. The Morgan fingerprint density at radius 3 is 2.56 bits per heavy atom. The first-order valence-electron chi connectivity index (χ1n) is 8.06. The van der Waals surface area contributed by atoms with Gasteiger partial charge in [0.1, 0.15) is 11.5 Å². The Morgan fingerprint density at radius 1 is 1.11 bits per heavy atom. The van der Waals surface area contributed by atoms with Gasteiger partial charge in [0.15, 0.2) is 6.61 Å². The average Bonchev–Trinajstić information content (AvgIpc) is 2.66. The van der Waals surface area contributed by atoms with Crippen LogP contribution in [0, 0.1) is 6.92 Å². The number of halogens is 1. The van der Waals surface area contributed by atoms with Crippen LogP contribution in [0.4, 0.5) is 5.69 Å². The highest BCUT2D eigenvalue weighted by atomic mass is 35.5. The third-order valence-corrected chi connectivity index (χ3v) is 3.88. The molecule has 7 heteroatoms. The van der Waals surface area contributed by atoms with Crippen molar-refractivity contribution in [3.05, 3.63) is 58.6 Å². The normalized spacial score (nSPS) is 10.5. The van der Waals surface area contributed by atoms with Crippen molar-refractivity contribution < 1.29 is 23.8 Å². The number of benzene rings is 2. The molecule has 0 aliphatic rings. The molecule has 2 rings (SSSR count). The van der Waals surface area contributed by atoms with Crippen molar-refractivity contribution in [2.75, 3.05) is 26.1 Å². The van der Waals surface area contributed by atoms with Gasteiger partial charge in [-0.15, -0.1) is 0 Å². The van der Waals surface area contributed by atoms with Crippen LogP contribution in [0.15, 0.2) is 42.5 Å². The first kappa shape index (κ1) is 20.3. The molecule has 0 saturated carbocycles. The lowest BCUT2D eigenvalue weighted by atomic mass is 10.2. The van der Waals surface area contributed by atoms with Gasteiger partial charge in [-0.05, 0) is 48.9 Å². The summed E-state index contributed by atoms with van der Waals surface area (Å²) < 4.78 is 15.3. The van der Waals surface area contributed by atoms with E-state index in [4.69, 9.17) is 25.8 Å². The number of anilines is 1. The average molecular weight is 390 g/mol. The Balaban J connectivity index is 1.90. The molecule has 0 radical (unpaired) electrons. The number of carbonyl (C=O) groups is 2. The topological polar surface area (TPSA) is 73.9 Å². The first-order chi connectivity index (χ1) is 12.9. The van der Waals surface area contributed by atoms with Crippen LogP contribution in [0.25, 0.3) is 6.08 Å². The first-order valence-corrected chi connectivity index (χ1v) is 8.43. The molecule has 0 fully saturated rings. The fourth-order valence-corrected chi connectivity index (χ4v) is 2.48. The third kappa shape index (κ3) is 6.04. The molecule has 0 atom stereocenters. The van der Waals surface area contributed by atoms with Gasteiger partial charge in [0.05, 0.1) is 14.2 Å². The number of aryl methyl sites for hydroxylation is 1. The highest BCUT2D eigenvalue weighted by Crippen LogP contribution is 2.25. The largest absolute Gasteiger partial charge is 0.497 e. The van der Waals surface area contributed by atoms with Gasteiger partial charge < -0.3 is 19.5 Å². The lowest BCUT2D eigenvalue weighted by Gasteiger charge is -2.09. The maximum atomic E-state index is 11.9. The molecule has 27 heavy (non-hydrogen) atoms. The maximum Gasteiger partial charge on any atom is 0.331 e. The van der Waals surface area contributed by atoms with Crippen molar-refractivity contribution in [3.8, 4) is 11.5 Å². The summed E-state index contributed by atoms with van der Waals surface area (Å²) in [5.74, 6) is 0.107. The number of ether oxygens (including phenoxy) is 3. The second-order valence-electron chi connectivity index (χ2n) is 5.56. The van der Waals surface area contributed by atoms with Crippen molar-refractivity contribution in [1.29, 1.82) is 0 Å². The molecule has 0 saturated heterocycles. The lowest BCUT2D eigenvalue weighted by molar-refractivity contribution is -0.142. The zero-order valence-corrected chi connectivity index (χ0v) is 16.0. The molecule has 0 aliphatic carbocycles. The van der Waals surface area contributed by atoms with Crippen molar-refractivity contribution >= 4 is 35.2 Å². The van der Waals surface area contributed by atoms with Crippen LogP contribution in [0.3, 0.4) is 0 Å². The van der Waals surface area contributed by atoms with Gasteiger partial charge in [-0.3, -0.25) is 4.79 Å². The number of esters is 1. The van der Waals surface area contributed by atoms with Crippen LogP contribution < -0.4 is 14.8 Å². The van der Waals surface area contributed by atoms with Gasteiger partial charge in [-0.2, -0.15) is 0 Å². The quantitative estimate of drug-likeness (QED) is 0.575. The standard InChI is InChI=1S/C20H20ClNO5/c1-13-10-15(21)6-8-17(13)22-19(23)12-27-20(24)9-5-14-4-7-16(25-2)11-18(14)26-3/h4-11H,12H2,1-3H3,(H,22,23). The van der Waals surface area contributed by atoms with Crippen LogP contribution in [-0.4, -0.2) is 32.7 Å². The molecule has 0 spiro atoms. The van der Waals surface area contributed by atoms with Gasteiger partial charge in [0.2, 0.25) is 0 Å². The smallest absolute Gasteiger partial charge is 0.331 e. The molecule has 0 aromatic heterocycles. The molecule has 6 nitrogen and oxygen atoms in total. The van der Waals surface area contributed by atoms with Gasteiger partial charge in [-0.1, -0.05) is 11.6 Å². The fourth-order valence-electron chi connectivity index (χ4n) is 2.25. The van der Waals surface area contributed by atoms with Crippen molar-refractivity contribution in [3.63, 3.8) is 0 Å². The summed E-state index contributed by atoms with van der Waals surface area (Å²) in [5.41, 5.74) is 2.10. The lowest BCUT2D eigenvalue weighted by Crippen LogP contribution is -2.20. The number of hydrogen-bond acceptors (Lipinski definition) is 5. The highest BCUT2D eigenvalue weighted by molar-refractivity contribution is 6.30. The summed E-state index contributed by atoms with van der Waals surface area (Å²) in [6, 6.07) is 10.3. The third-order valence-electron chi connectivity index (χ3n) is 3.65. The number of hydrogen-bond donors (Lipinski definition) is 1. The zero-order chi connectivity index (χ0) is 19.8. The van der Waals surface area contributed by atoms with Gasteiger partial charge >= 0.3 is 5.97 Å². The van der Waals surface area contributed by atoms with Crippen LogP contribution in [0.5, 0.6) is 11.5 Å². The van der Waals surface area contributed by atoms with Crippen LogP contribution in [0.2, 0.25) is 5.02 Å². The molecular formula is C20H20ClNO5. The minimum absolute atomic E-state index is 0.398. The summed E-state index contributed by atoms with van der Waals surface area (Å²) in [4.78, 5) is 23.8. The Hall–Kier alpha value is -2.99. The molecule has 0 aliphatic heterocycles. The number of carbonyl (C=O) groups excluding carboxylic acids is 2. The zero-order valence-electron chi connectivity index (χ0n) is 15.2. The molecule has 142 valence electrons. The van der Waals surface area contributed by atoms with E-state index in [1.807, 2.05) is 6.92 Å². The van der Waals surface area contributed by atoms with Gasteiger partial charge in [0.25, 0.3) is 5.91 Å². The van der Waals surface area contributed by atoms with E-state index >= 15 is 0 Å². The Bertz CT molecular complexity index is 863. The van der Waals surface area contributed by atoms with E-state index in [0.29, 0.717) is 27.8 Å². The molecule has 1 N–H and O–H groups in total. The van der Waals surface area contributed by atoms with Crippen molar-refractivity contribution in [2.45, 2.75) is 6.92 Å². The second kappa shape index (κ2) is 9.64. The highest BCUT2D eigenvalue weighted by Gasteiger charge is 2.08. The molecule has 0 bridgehead atoms. The van der Waals surface area contributed by atoms with Crippen molar-refractivity contribution in [1.82, 2.24) is 0 Å². The molecule has 1 amide bonds. The minimum Gasteiger partial charge on any atom is -0.497 e. The van der Waals surface area contributed by atoms with E-state index in [2.05, 4.69) is 5.32 Å². The molecular weight excluding hydrogens is 370 g/mol. The van der Waals surface area contributed by atoms with Crippen molar-refractivity contribution in [2.24, 2.45) is 0 Å². The van der Waals surface area contributed by atoms with Gasteiger partial charge in [-0.25, -0.2) is 4.79 Å². The Kier molecular flexibility index (Phi) is 7.25. The van der Waals surface area contributed by atoms with E-state index in [1.165, 1.54) is 13.2 Å². The Morgan fingerprint density at radius 2 is 1.89 bits per heavy atom. The minimum atomic E-state index is -0.643. The van der Waals surface area contributed by atoms with E-state index in [9.17, 15) is 9.59 Å². The summed E-state index contributed by atoms with van der Waals surface area (Å²) in [5, 5.41) is 3.24. The summed E-state index contributed by atoms with van der Waals surface area (Å²) in [6.07, 6.45) is 2.77. The maximum absolute atomic E-state index is 11.9. The predicted octanol–water partition coefficient (Wildman–Crippen LogP) is 3.86. The Labute approximate surface area is 162 Å². The number of nitrogens with one attached hydrogen (secondary N) is 1. The van der Waals surface area contributed by atoms with E-state index in [-0.39, 0.29) is 0 Å². The second-order valence-corrected chi connectivity index (χ2v) is 5.99. The van der Waals surface area contributed by atoms with Crippen LogP contribution in [-0.2, 0) is 14.3 Å². The van der Waals surface area contributed by atoms with E-state index in [1.54, 1.807) is 49.6 Å². The predicted molar refractivity (Wildman–Crippen MR) is 104 cm³/mol. The molecule has 2 aromatic rings. The number of rotatable bonds is 7. The number of methoxy groups -OCH3 is 2. The monoisotopic (exact) mass is 389 g/mol. The number of amides is 1. The van der Waals surface area contributed by atoms with Crippen LogP contribution in [0.1, 0.15) is 11.1 Å². The van der Waals surface area contributed by atoms with E-state index < -0.39 is 18.5 Å². The fraction of sp³-hybridized carbons (Fsp3) is 0.200. The molecule has 0 unspecified atom stereocenters. The molecule has 0 heterocycles. The SMILES string of the molecule is COc1ccc(C=CC(=O)OCC(=O)Nc2ccc(Cl)cc2C)c(OC)c1. The summed E-state index contributed by atoms with van der Waals surface area (Å²) in [7, 11) is 3.08.